The van der Waals surface area contributed by atoms with Crippen molar-refractivity contribution >= 4 is 33.2 Å². The van der Waals surface area contributed by atoms with Crippen molar-refractivity contribution in [1.82, 2.24) is 4.72 Å². The first-order chi connectivity index (χ1) is 8.47. The van der Waals surface area contributed by atoms with Gasteiger partial charge in [-0.3, -0.25) is 0 Å². The summed E-state index contributed by atoms with van der Waals surface area (Å²) in [5.74, 6) is 0. The molecule has 1 aromatic carbocycles. The zero-order valence-electron chi connectivity index (χ0n) is 9.70. The topological polar surface area (TPSA) is 66.4 Å². The number of benzene rings is 1. The van der Waals surface area contributed by atoms with Gasteiger partial charge in [0.1, 0.15) is 4.90 Å². The number of rotatable bonds is 7. The van der Waals surface area contributed by atoms with E-state index in [4.69, 9.17) is 28.3 Å². The molecule has 0 atom stereocenters. The van der Waals surface area contributed by atoms with Gasteiger partial charge in [-0.2, -0.15) is 0 Å². The fraction of sp³-hybridized carbons (Fsp3) is 0.455. The summed E-state index contributed by atoms with van der Waals surface area (Å²) in [4.78, 5) is -0.0150. The van der Waals surface area contributed by atoms with Crippen molar-refractivity contribution in [3.8, 4) is 0 Å². The second-order valence-electron chi connectivity index (χ2n) is 3.76. The van der Waals surface area contributed by atoms with Crippen molar-refractivity contribution in [3.63, 3.8) is 0 Å². The summed E-state index contributed by atoms with van der Waals surface area (Å²) < 4.78 is 26.3. The van der Waals surface area contributed by atoms with Crippen molar-refractivity contribution in [1.29, 1.82) is 0 Å². The standard InChI is InChI=1S/C11H15Cl2NO3S/c12-9-4-5-10(13)11(8-9)18(16,17)14-6-2-1-3-7-15/h4-5,8,14-15H,1-3,6-7H2. The highest BCUT2D eigenvalue weighted by molar-refractivity contribution is 7.89. The quantitative estimate of drug-likeness (QED) is 0.760. The van der Waals surface area contributed by atoms with Crippen LogP contribution in [0, 0.1) is 0 Å². The molecule has 0 fully saturated rings. The molecule has 0 radical (unpaired) electrons. The van der Waals surface area contributed by atoms with E-state index < -0.39 is 10.0 Å². The van der Waals surface area contributed by atoms with Gasteiger partial charge >= 0.3 is 0 Å². The van der Waals surface area contributed by atoms with Crippen LogP contribution in [0.5, 0.6) is 0 Å². The molecule has 0 aliphatic heterocycles. The number of aliphatic hydroxyl groups is 1. The maximum absolute atomic E-state index is 11.9. The van der Waals surface area contributed by atoms with Gasteiger partial charge in [-0.1, -0.05) is 23.2 Å². The first-order valence-electron chi connectivity index (χ1n) is 5.53. The van der Waals surface area contributed by atoms with E-state index in [-0.39, 0.29) is 16.5 Å². The first-order valence-corrected chi connectivity index (χ1v) is 7.77. The molecule has 2 N–H and O–H groups in total. The molecule has 4 nitrogen and oxygen atoms in total. The summed E-state index contributed by atoms with van der Waals surface area (Å²) in [6, 6.07) is 4.30. The van der Waals surface area contributed by atoms with Crippen LogP contribution in [0.3, 0.4) is 0 Å². The van der Waals surface area contributed by atoms with E-state index in [0.717, 1.165) is 6.42 Å². The Hall–Kier alpha value is -0.330. The monoisotopic (exact) mass is 311 g/mol. The zero-order chi connectivity index (χ0) is 13.6. The van der Waals surface area contributed by atoms with Gasteiger partial charge < -0.3 is 5.11 Å². The Morgan fingerprint density at radius 2 is 1.89 bits per heavy atom. The van der Waals surface area contributed by atoms with Crippen LogP contribution in [0.2, 0.25) is 10.0 Å². The van der Waals surface area contributed by atoms with Crippen molar-refractivity contribution in [2.45, 2.75) is 24.2 Å². The van der Waals surface area contributed by atoms with Gasteiger partial charge in [0.15, 0.2) is 0 Å². The Balaban J connectivity index is 2.66. The maximum atomic E-state index is 11.9. The van der Waals surface area contributed by atoms with Crippen molar-refractivity contribution < 1.29 is 13.5 Å². The molecule has 0 aliphatic carbocycles. The number of hydrogen-bond acceptors (Lipinski definition) is 3. The highest BCUT2D eigenvalue weighted by atomic mass is 35.5. The number of aliphatic hydroxyl groups excluding tert-OH is 1. The molecule has 0 saturated heterocycles. The normalized spacial score (nSPS) is 11.7. The Morgan fingerprint density at radius 1 is 1.17 bits per heavy atom. The molecule has 1 aromatic rings. The Bertz CT molecular complexity index is 491. The van der Waals surface area contributed by atoms with Gasteiger partial charge in [0.05, 0.1) is 5.02 Å². The van der Waals surface area contributed by atoms with Gasteiger partial charge in [0, 0.05) is 18.2 Å². The van der Waals surface area contributed by atoms with Crippen LogP contribution in [0.4, 0.5) is 0 Å². The third kappa shape index (κ3) is 4.74. The van der Waals surface area contributed by atoms with Gasteiger partial charge in [-0.05, 0) is 37.5 Å². The number of unbranched alkanes of at least 4 members (excludes halogenated alkanes) is 2. The lowest BCUT2D eigenvalue weighted by Crippen LogP contribution is -2.25. The average molecular weight is 312 g/mol. The van der Waals surface area contributed by atoms with E-state index in [2.05, 4.69) is 4.72 Å². The first kappa shape index (κ1) is 15.7. The highest BCUT2D eigenvalue weighted by Crippen LogP contribution is 2.24. The smallest absolute Gasteiger partial charge is 0.242 e. The summed E-state index contributed by atoms with van der Waals surface area (Å²) >= 11 is 11.6. The fourth-order valence-electron chi connectivity index (χ4n) is 1.38. The number of halogens is 2. The summed E-state index contributed by atoms with van der Waals surface area (Å²) in [6.07, 6.45) is 2.10. The average Bonchev–Trinajstić information content (AvgIpc) is 2.32. The van der Waals surface area contributed by atoms with E-state index in [1.807, 2.05) is 0 Å². The highest BCUT2D eigenvalue weighted by Gasteiger charge is 2.17. The Labute approximate surface area is 117 Å². The second kappa shape index (κ2) is 7.31. The Kier molecular flexibility index (Phi) is 6.38. The summed E-state index contributed by atoms with van der Waals surface area (Å²) in [7, 11) is -3.63. The molecule has 0 spiro atoms. The lowest BCUT2D eigenvalue weighted by molar-refractivity contribution is 0.283. The lowest BCUT2D eigenvalue weighted by atomic mass is 10.2. The van der Waals surface area contributed by atoms with Crippen molar-refractivity contribution in [3.05, 3.63) is 28.2 Å². The molecule has 102 valence electrons. The van der Waals surface area contributed by atoms with Crippen LogP contribution in [0.1, 0.15) is 19.3 Å². The predicted molar refractivity (Wildman–Crippen MR) is 72.6 cm³/mol. The predicted octanol–water partition coefficient (Wildman–Crippen LogP) is 2.43. The molecule has 18 heavy (non-hydrogen) atoms. The van der Waals surface area contributed by atoms with Crippen LogP contribution in [0.15, 0.2) is 23.1 Å². The SMILES string of the molecule is O=S(=O)(NCCCCCO)c1cc(Cl)ccc1Cl. The third-order valence-electron chi connectivity index (χ3n) is 2.31. The van der Waals surface area contributed by atoms with E-state index in [1.165, 1.54) is 18.2 Å². The third-order valence-corrected chi connectivity index (χ3v) is 4.49. The zero-order valence-corrected chi connectivity index (χ0v) is 12.0. The lowest BCUT2D eigenvalue weighted by Gasteiger charge is -2.08. The summed E-state index contributed by atoms with van der Waals surface area (Å²) in [6.45, 7) is 0.429. The number of hydrogen-bond donors (Lipinski definition) is 2. The van der Waals surface area contributed by atoms with Gasteiger partial charge in [-0.25, -0.2) is 13.1 Å². The number of nitrogens with one attached hydrogen (secondary N) is 1. The van der Waals surface area contributed by atoms with Crippen LogP contribution in [-0.4, -0.2) is 26.7 Å². The van der Waals surface area contributed by atoms with Crippen LogP contribution in [0.25, 0.3) is 0 Å². The molecule has 0 aromatic heterocycles. The van der Waals surface area contributed by atoms with Gasteiger partial charge in [0.2, 0.25) is 10.0 Å². The minimum absolute atomic E-state index is 0.0150. The molecule has 1 rings (SSSR count). The van der Waals surface area contributed by atoms with E-state index >= 15 is 0 Å². The van der Waals surface area contributed by atoms with Crippen molar-refractivity contribution in [2.24, 2.45) is 0 Å². The molecule has 0 aliphatic rings. The van der Waals surface area contributed by atoms with E-state index in [9.17, 15) is 8.42 Å². The van der Waals surface area contributed by atoms with Gasteiger partial charge in [0.25, 0.3) is 0 Å². The van der Waals surface area contributed by atoms with E-state index in [1.54, 1.807) is 0 Å². The summed E-state index contributed by atoms with van der Waals surface area (Å²) in [5, 5.41) is 9.06. The largest absolute Gasteiger partial charge is 0.396 e. The fourth-order valence-corrected chi connectivity index (χ4v) is 3.22. The molecule has 0 amide bonds. The summed E-state index contributed by atoms with van der Waals surface area (Å²) in [5.41, 5.74) is 0. The molecular formula is C11H15Cl2NO3S. The van der Waals surface area contributed by atoms with E-state index in [0.29, 0.717) is 24.4 Å². The maximum Gasteiger partial charge on any atom is 0.242 e. The minimum Gasteiger partial charge on any atom is -0.396 e. The van der Waals surface area contributed by atoms with Gasteiger partial charge in [-0.15, -0.1) is 0 Å². The second-order valence-corrected chi connectivity index (χ2v) is 6.34. The molecule has 0 heterocycles. The molecular weight excluding hydrogens is 297 g/mol. The van der Waals surface area contributed by atoms with Crippen LogP contribution >= 0.6 is 23.2 Å². The van der Waals surface area contributed by atoms with Crippen LogP contribution in [-0.2, 0) is 10.0 Å². The van der Waals surface area contributed by atoms with Crippen LogP contribution < -0.4 is 4.72 Å². The number of sulfonamides is 1. The molecule has 0 saturated carbocycles. The minimum atomic E-state index is -3.63. The molecule has 0 unspecified atom stereocenters. The van der Waals surface area contributed by atoms with Crippen molar-refractivity contribution in [2.75, 3.05) is 13.2 Å². The molecule has 0 bridgehead atoms. The molecule has 7 heteroatoms. The Morgan fingerprint density at radius 3 is 2.56 bits per heavy atom.